The van der Waals surface area contributed by atoms with Crippen molar-refractivity contribution in [2.24, 2.45) is 5.92 Å². The number of fused-ring (bicyclic) bond motifs is 2. The van der Waals surface area contributed by atoms with Crippen LogP contribution in [0.25, 0.3) is 0 Å². The maximum atomic E-state index is 13.8. The van der Waals surface area contributed by atoms with E-state index in [1.165, 1.54) is 6.07 Å². The number of nitrogens with zero attached hydrogens (tertiary/aromatic N) is 1. The average molecular weight is 524 g/mol. The smallest absolute Gasteiger partial charge is 0.257 e. The van der Waals surface area contributed by atoms with Crippen molar-refractivity contribution in [1.29, 1.82) is 0 Å². The van der Waals surface area contributed by atoms with Crippen LogP contribution >= 0.6 is 0 Å². The van der Waals surface area contributed by atoms with Gasteiger partial charge in [-0.1, -0.05) is 31.0 Å². The molecule has 2 fully saturated rings. The van der Waals surface area contributed by atoms with Crippen molar-refractivity contribution in [2.75, 3.05) is 19.0 Å². The Labute approximate surface area is 221 Å². The first-order chi connectivity index (χ1) is 18.4. The van der Waals surface area contributed by atoms with Crippen molar-refractivity contribution in [3.8, 4) is 5.75 Å². The number of amides is 3. The van der Waals surface area contributed by atoms with Gasteiger partial charge in [0, 0.05) is 30.8 Å². The molecule has 2 aliphatic heterocycles. The van der Waals surface area contributed by atoms with Gasteiger partial charge in [0.15, 0.2) is 0 Å². The molecule has 5 rings (SSSR count). The lowest BCUT2D eigenvalue weighted by molar-refractivity contribution is -0.134. The molecule has 202 valence electrons. The van der Waals surface area contributed by atoms with Gasteiger partial charge in [0.05, 0.1) is 24.1 Å². The van der Waals surface area contributed by atoms with Gasteiger partial charge in [-0.05, 0) is 49.9 Å². The number of rotatable bonds is 6. The molecule has 0 aromatic heterocycles. The number of benzene rings is 2. The van der Waals surface area contributed by atoms with Crippen LogP contribution in [0, 0.1) is 11.7 Å². The van der Waals surface area contributed by atoms with Gasteiger partial charge in [0.25, 0.3) is 5.91 Å². The predicted molar refractivity (Wildman–Crippen MR) is 139 cm³/mol. The number of hydrogen-bond acceptors (Lipinski definition) is 5. The Morgan fingerprint density at radius 1 is 1.08 bits per heavy atom. The third kappa shape index (κ3) is 5.83. The molecule has 3 aliphatic rings. The molecule has 2 aromatic carbocycles. The molecule has 3 atom stereocenters. The van der Waals surface area contributed by atoms with Gasteiger partial charge >= 0.3 is 0 Å². The highest BCUT2D eigenvalue weighted by Crippen LogP contribution is 2.33. The largest absolute Gasteiger partial charge is 0.490 e. The first-order valence-corrected chi connectivity index (χ1v) is 13.4. The highest BCUT2D eigenvalue weighted by Gasteiger charge is 2.39. The number of nitrogens with one attached hydrogen (secondary N) is 2. The van der Waals surface area contributed by atoms with Crippen molar-refractivity contribution in [3.63, 3.8) is 0 Å². The van der Waals surface area contributed by atoms with Gasteiger partial charge in [-0.25, -0.2) is 4.39 Å². The number of ether oxygens (including phenoxy) is 2. The van der Waals surface area contributed by atoms with Crippen LogP contribution in [-0.4, -0.2) is 54.5 Å². The summed E-state index contributed by atoms with van der Waals surface area (Å²) in [6.07, 6.45) is 4.65. The maximum Gasteiger partial charge on any atom is 0.257 e. The Balaban J connectivity index is 1.20. The summed E-state index contributed by atoms with van der Waals surface area (Å²) in [5, 5.41) is 5.72. The highest BCUT2D eigenvalue weighted by atomic mass is 19.1. The Morgan fingerprint density at radius 2 is 1.87 bits per heavy atom. The molecule has 0 spiro atoms. The van der Waals surface area contributed by atoms with E-state index in [2.05, 4.69) is 10.6 Å². The van der Waals surface area contributed by atoms with E-state index in [4.69, 9.17) is 9.47 Å². The lowest BCUT2D eigenvalue weighted by Crippen LogP contribution is -2.53. The molecule has 1 aliphatic carbocycles. The van der Waals surface area contributed by atoms with E-state index in [0.717, 1.165) is 25.7 Å². The Bertz CT molecular complexity index is 1200. The molecular formula is C29H34FN3O5. The van der Waals surface area contributed by atoms with Gasteiger partial charge in [-0.15, -0.1) is 0 Å². The van der Waals surface area contributed by atoms with Crippen molar-refractivity contribution in [1.82, 2.24) is 10.2 Å². The number of carbonyl (C=O) groups excluding carboxylic acids is 3. The van der Waals surface area contributed by atoms with Crippen LogP contribution in [-0.2, 0) is 20.9 Å². The van der Waals surface area contributed by atoms with Gasteiger partial charge in [0.2, 0.25) is 11.8 Å². The number of halogens is 1. The molecule has 0 radical (unpaired) electrons. The average Bonchev–Trinajstić information content (AvgIpc) is 3.46. The standard InChI is InChI=1S/C29H34FN3O5/c1-33-24-12-11-21(15-27(34)31-16-19-8-4-5-9-23(19)30)38-26(24)17-37-25-13-10-20(14-22(25)29(33)36)32-28(35)18-6-2-3-7-18/h4-5,8-10,13-14,18,21,24,26H,2-3,6-7,11-12,15-17H2,1H3,(H,31,34)(H,32,35)/t21-,24-,26-/m0/s1. The Hall–Kier alpha value is -3.46. The van der Waals surface area contributed by atoms with Crippen LogP contribution < -0.4 is 15.4 Å². The van der Waals surface area contributed by atoms with E-state index in [-0.39, 0.29) is 61.2 Å². The zero-order valence-electron chi connectivity index (χ0n) is 21.6. The fourth-order valence-corrected chi connectivity index (χ4v) is 5.65. The summed E-state index contributed by atoms with van der Waals surface area (Å²) in [5.41, 5.74) is 1.42. The molecule has 2 N–H and O–H groups in total. The topological polar surface area (TPSA) is 97.0 Å². The van der Waals surface area contributed by atoms with E-state index < -0.39 is 6.10 Å². The van der Waals surface area contributed by atoms with Crippen molar-refractivity contribution < 1.29 is 28.2 Å². The minimum absolute atomic E-state index is 0.000238. The molecule has 2 heterocycles. The molecule has 38 heavy (non-hydrogen) atoms. The van der Waals surface area contributed by atoms with Gasteiger partial charge < -0.3 is 25.0 Å². The number of anilines is 1. The van der Waals surface area contributed by atoms with Gasteiger partial charge in [0.1, 0.15) is 24.3 Å². The molecule has 9 heteroatoms. The third-order valence-corrected chi connectivity index (χ3v) is 7.85. The molecule has 1 saturated carbocycles. The second-order valence-corrected chi connectivity index (χ2v) is 10.4. The minimum atomic E-state index is -0.392. The second-order valence-electron chi connectivity index (χ2n) is 10.4. The third-order valence-electron chi connectivity index (χ3n) is 7.85. The van der Waals surface area contributed by atoms with E-state index in [9.17, 15) is 18.8 Å². The zero-order chi connectivity index (χ0) is 26.6. The summed E-state index contributed by atoms with van der Waals surface area (Å²) >= 11 is 0. The van der Waals surface area contributed by atoms with E-state index >= 15 is 0 Å². The lowest BCUT2D eigenvalue weighted by atomic mass is 9.94. The summed E-state index contributed by atoms with van der Waals surface area (Å²) in [7, 11) is 1.75. The minimum Gasteiger partial charge on any atom is -0.490 e. The van der Waals surface area contributed by atoms with Crippen LogP contribution in [0.1, 0.15) is 60.9 Å². The molecule has 0 bridgehead atoms. The van der Waals surface area contributed by atoms with Crippen LogP contribution in [0.15, 0.2) is 42.5 Å². The fraction of sp³-hybridized carbons (Fsp3) is 0.483. The zero-order valence-corrected chi connectivity index (χ0v) is 21.6. The maximum absolute atomic E-state index is 13.8. The first-order valence-electron chi connectivity index (χ1n) is 13.4. The normalized spacial score (nSPS) is 23.5. The van der Waals surface area contributed by atoms with Crippen molar-refractivity contribution in [2.45, 2.75) is 69.7 Å². The number of hydrogen-bond donors (Lipinski definition) is 2. The van der Waals surface area contributed by atoms with Crippen molar-refractivity contribution in [3.05, 3.63) is 59.4 Å². The van der Waals surface area contributed by atoms with E-state index in [0.29, 0.717) is 35.4 Å². The molecule has 2 aromatic rings. The second kappa shape index (κ2) is 11.5. The van der Waals surface area contributed by atoms with Crippen LogP contribution in [0.4, 0.5) is 10.1 Å². The van der Waals surface area contributed by atoms with Gasteiger partial charge in [-0.2, -0.15) is 0 Å². The van der Waals surface area contributed by atoms with Crippen LogP contribution in [0.3, 0.4) is 0 Å². The fourth-order valence-electron chi connectivity index (χ4n) is 5.65. The summed E-state index contributed by atoms with van der Waals surface area (Å²) in [5.74, 6) is -0.303. The first kappa shape index (κ1) is 26.2. The molecule has 8 nitrogen and oxygen atoms in total. The van der Waals surface area contributed by atoms with Crippen LogP contribution in [0.2, 0.25) is 0 Å². The Kier molecular flexibility index (Phi) is 7.93. The highest BCUT2D eigenvalue weighted by molar-refractivity contribution is 6.00. The van der Waals surface area contributed by atoms with Gasteiger partial charge in [-0.3, -0.25) is 14.4 Å². The number of likely N-dealkylation sites (N-methyl/N-ethyl adjacent to an activating group) is 1. The van der Waals surface area contributed by atoms with Crippen LogP contribution in [0.5, 0.6) is 5.75 Å². The predicted octanol–water partition coefficient (Wildman–Crippen LogP) is 4.04. The van der Waals surface area contributed by atoms with E-state index in [1.54, 1.807) is 48.3 Å². The summed E-state index contributed by atoms with van der Waals surface area (Å²) in [4.78, 5) is 40.2. The lowest BCUT2D eigenvalue weighted by Gasteiger charge is -2.42. The molecule has 3 amide bonds. The molecule has 1 saturated heterocycles. The monoisotopic (exact) mass is 523 g/mol. The SMILES string of the molecule is CN1C(=O)c2cc(NC(=O)C3CCCC3)ccc2OC[C@@H]2O[C@H](CC(=O)NCc3ccccc3F)CC[C@@H]21. The molecular weight excluding hydrogens is 489 g/mol. The van der Waals surface area contributed by atoms with E-state index in [1.807, 2.05) is 0 Å². The molecule has 0 unspecified atom stereocenters. The Morgan fingerprint density at radius 3 is 2.66 bits per heavy atom. The quantitative estimate of drug-likeness (QED) is 0.596. The number of carbonyl (C=O) groups is 3. The summed E-state index contributed by atoms with van der Waals surface area (Å²) in [6, 6.07) is 11.3. The van der Waals surface area contributed by atoms with Crippen molar-refractivity contribution >= 4 is 23.4 Å². The summed E-state index contributed by atoms with van der Waals surface area (Å²) < 4.78 is 26.1. The summed E-state index contributed by atoms with van der Waals surface area (Å²) in [6.45, 7) is 0.348.